The van der Waals surface area contributed by atoms with Gasteiger partial charge in [-0.15, -0.1) is 0 Å². The van der Waals surface area contributed by atoms with Crippen molar-refractivity contribution in [2.75, 3.05) is 12.4 Å². The van der Waals surface area contributed by atoms with Crippen LogP contribution >= 0.6 is 0 Å². The lowest BCUT2D eigenvalue weighted by Gasteiger charge is -2.16. The molecule has 0 radical (unpaired) electrons. The van der Waals surface area contributed by atoms with Crippen molar-refractivity contribution in [1.82, 2.24) is 4.72 Å². The van der Waals surface area contributed by atoms with Gasteiger partial charge < -0.3 is 5.11 Å². The summed E-state index contributed by atoms with van der Waals surface area (Å²) in [5.41, 5.74) is 0. The molecule has 2 saturated carbocycles. The van der Waals surface area contributed by atoms with Crippen LogP contribution in [0.5, 0.6) is 0 Å². The molecule has 0 aromatic heterocycles. The molecule has 0 aliphatic heterocycles. The van der Waals surface area contributed by atoms with Gasteiger partial charge in [0.2, 0.25) is 10.0 Å². The minimum atomic E-state index is -3.24. The quantitative estimate of drug-likeness (QED) is 0.665. The second-order valence-corrected chi connectivity index (χ2v) is 6.23. The number of nitrogens with one attached hydrogen (secondary N) is 1. The Balaban J connectivity index is 1.92. The van der Waals surface area contributed by atoms with Gasteiger partial charge in [-0.05, 0) is 37.5 Å². The van der Waals surface area contributed by atoms with E-state index in [1.165, 1.54) is 0 Å². The van der Waals surface area contributed by atoms with Gasteiger partial charge in [-0.1, -0.05) is 0 Å². The Kier molecular flexibility index (Phi) is 2.81. The Labute approximate surface area is 84.8 Å². The van der Waals surface area contributed by atoms with Gasteiger partial charge in [-0.25, -0.2) is 13.1 Å². The minimum absolute atomic E-state index is 0.159. The molecule has 2 aliphatic rings. The molecule has 14 heavy (non-hydrogen) atoms. The fourth-order valence-electron chi connectivity index (χ4n) is 1.87. The number of hydrogen-bond acceptors (Lipinski definition) is 3. The molecule has 4 nitrogen and oxygen atoms in total. The number of aliphatic hydroxyl groups excluding tert-OH is 1. The lowest BCUT2D eigenvalue weighted by molar-refractivity contribution is 0.318. The first-order valence-corrected chi connectivity index (χ1v) is 6.88. The lowest BCUT2D eigenvalue weighted by atomic mass is 10.1. The van der Waals surface area contributed by atoms with Crippen molar-refractivity contribution in [3.63, 3.8) is 0 Å². The SMILES string of the molecule is O=S(=O)(CCO)NC(C1CC1)C1CC1. The van der Waals surface area contributed by atoms with Gasteiger partial charge >= 0.3 is 0 Å². The Morgan fingerprint density at radius 1 is 1.21 bits per heavy atom. The van der Waals surface area contributed by atoms with Gasteiger partial charge in [0.05, 0.1) is 12.4 Å². The third-order valence-corrected chi connectivity index (χ3v) is 4.29. The van der Waals surface area contributed by atoms with Crippen molar-refractivity contribution < 1.29 is 13.5 Å². The molecule has 0 atom stereocenters. The first-order valence-electron chi connectivity index (χ1n) is 5.23. The van der Waals surface area contributed by atoms with Crippen molar-refractivity contribution in [1.29, 1.82) is 0 Å². The maximum absolute atomic E-state index is 11.4. The molecule has 0 saturated heterocycles. The molecule has 2 rings (SSSR count). The molecule has 5 heteroatoms. The molecule has 0 aromatic carbocycles. The maximum Gasteiger partial charge on any atom is 0.214 e. The fraction of sp³-hybridized carbons (Fsp3) is 1.00. The van der Waals surface area contributed by atoms with Crippen LogP contribution in [0.3, 0.4) is 0 Å². The van der Waals surface area contributed by atoms with E-state index in [2.05, 4.69) is 4.72 Å². The number of sulfonamides is 1. The average Bonchev–Trinajstić information content (AvgIpc) is 2.96. The summed E-state index contributed by atoms with van der Waals surface area (Å²) in [6.45, 7) is -0.294. The van der Waals surface area contributed by atoms with Crippen molar-refractivity contribution in [2.45, 2.75) is 31.7 Å². The Hall–Kier alpha value is -0.130. The van der Waals surface area contributed by atoms with Gasteiger partial charge in [-0.2, -0.15) is 0 Å². The van der Waals surface area contributed by atoms with Gasteiger partial charge in [0.25, 0.3) is 0 Å². The summed E-state index contributed by atoms with van der Waals surface area (Å²) in [5.74, 6) is 0.968. The molecule has 0 heterocycles. The second kappa shape index (κ2) is 3.79. The van der Waals surface area contributed by atoms with Crippen molar-refractivity contribution >= 4 is 10.0 Å². The van der Waals surface area contributed by atoms with Gasteiger partial charge in [-0.3, -0.25) is 0 Å². The van der Waals surface area contributed by atoms with Gasteiger partial charge in [0.1, 0.15) is 0 Å². The molecule has 82 valence electrons. The molecule has 0 bridgehead atoms. The molecule has 0 aromatic rings. The minimum Gasteiger partial charge on any atom is -0.395 e. The zero-order chi connectivity index (χ0) is 10.2. The monoisotopic (exact) mass is 219 g/mol. The molecular weight excluding hydrogens is 202 g/mol. The van der Waals surface area contributed by atoms with Crippen LogP contribution in [0.1, 0.15) is 25.7 Å². The zero-order valence-corrected chi connectivity index (χ0v) is 8.96. The highest BCUT2D eigenvalue weighted by Gasteiger charge is 2.43. The summed E-state index contributed by atoms with van der Waals surface area (Å²) in [7, 11) is -3.24. The second-order valence-electron chi connectivity index (χ2n) is 4.36. The van der Waals surface area contributed by atoms with Crippen LogP contribution in [0.25, 0.3) is 0 Å². The van der Waals surface area contributed by atoms with Crippen LogP contribution in [0.15, 0.2) is 0 Å². The van der Waals surface area contributed by atoms with Gasteiger partial charge in [0, 0.05) is 6.04 Å². The third-order valence-electron chi connectivity index (χ3n) is 2.94. The van der Waals surface area contributed by atoms with Crippen LogP contribution in [0.2, 0.25) is 0 Å². The molecule has 0 spiro atoms. The van der Waals surface area contributed by atoms with Crippen LogP contribution in [-0.4, -0.2) is 31.9 Å². The van der Waals surface area contributed by atoms with E-state index in [0.29, 0.717) is 11.8 Å². The maximum atomic E-state index is 11.4. The normalized spacial score (nSPS) is 23.0. The number of rotatable bonds is 6. The predicted octanol–water partition coefficient (Wildman–Crippen LogP) is 0.0867. The largest absolute Gasteiger partial charge is 0.395 e. The highest BCUT2D eigenvalue weighted by molar-refractivity contribution is 7.89. The highest BCUT2D eigenvalue weighted by atomic mass is 32.2. The number of hydrogen-bond donors (Lipinski definition) is 2. The first-order chi connectivity index (χ1) is 6.62. The van der Waals surface area contributed by atoms with E-state index in [0.717, 1.165) is 25.7 Å². The summed E-state index contributed by atoms with van der Waals surface area (Å²) in [4.78, 5) is 0. The van der Waals surface area contributed by atoms with Crippen LogP contribution in [-0.2, 0) is 10.0 Å². The average molecular weight is 219 g/mol. The smallest absolute Gasteiger partial charge is 0.214 e. The summed E-state index contributed by atoms with van der Waals surface area (Å²) >= 11 is 0. The number of aliphatic hydroxyl groups is 1. The Bertz CT molecular complexity index is 281. The summed E-state index contributed by atoms with van der Waals surface area (Å²) in [6, 6.07) is 0.159. The molecule has 2 aliphatic carbocycles. The van der Waals surface area contributed by atoms with E-state index in [1.807, 2.05) is 0 Å². The van der Waals surface area contributed by atoms with Crippen molar-refractivity contribution in [3.05, 3.63) is 0 Å². The molecule has 0 amide bonds. The molecule has 2 N–H and O–H groups in total. The van der Waals surface area contributed by atoms with Crippen LogP contribution in [0.4, 0.5) is 0 Å². The summed E-state index contributed by atoms with van der Waals surface area (Å²) < 4.78 is 25.6. The Morgan fingerprint density at radius 2 is 1.71 bits per heavy atom. The summed E-state index contributed by atoms with van der Waals surface area (Å²) in [6.07, 6.45) is 4.62. The van der Waals surface area contributed by atoms with E-state index in [9.17, 15) is 8.42 Å². The van der Waals surface area contributed by atoms with E-state index >= 15 is 0 Å². The van der Waals surface area contributed by atoms with Gasteiger partial charge in [0.15, 0.2) is 0 Å². The molecular formula is C9H17NO3S. The predicted molar refractivity (Wildman–Crippen MR) is 53.2 cm³/mol. The topological polar surface area (TPSA) is 66.4 Å². The van der Waals surface area contributed by atoms with E-state index in [1.54, 1.807) is 0 Å². The zero-order valence-electron chi connectivity index (χ0n) is 8.15. The van der Waals surface area contributed by atoms with E-state index in [4.69, 9.17) is 5.11 Å². The standard InChI is InChI=1S/C9H17NO3S/c11-5-6-14(12,13)10-9(7-1-2-7)8-3-4-8/h7-11H,1-6H2. The third kappa shape index (κ3) is 2.68. The van der Waals surface area contributed by atoms with Crippen molar-refractivity contribution in [3.8, 4) is 0 Å². The van der Waals surface area contributed by atoms with Crippen LogP contribution < -0.4 is 4.72 Å². The molecule has 2 fully saturated rings. The van der Waals surface area contributed by atoms with Crippen LogP contribution in [0, 0.1) is 11.8 Å². The highest BCUT2D eigenvalue weighted by Crippen LogP contribution is 2.44. The summed E-state index contributed by atoms with van der Waals surface area (Å²) in [5, 5.41) is 8.60. The van der Waals surface area contributed by atoms with E-state index < -0.39 is 10.0 Å². The first kappa shape index (κ1) is 10.4. The van der Waals surface area contributed by atoms with E-state index in [-0.39, 0.29) is 18.4 Å². The Morgan fingerprint density at radius 3 is 2.07 bits per heavy atom. The molecule has 0 unspecified atom stereocenters. The fourth-order valence-corrected chi connectivity index (χ4v) is 3.03. The van der Waals surface area contributed by atoms with Crippen molar-refractivity contribution in [2.24, 2.45) is 11.8 Å². The lowest BCUT2D eigenvalue weighted by Crippen LogP contribution is -2.39.